The van der Waals surface area contributed by atoms with Crippen LogP contribution in [0.3, 0.4) is 0 Å². The molecule has 0 radical (unpaired) electrons. The lowest BCUT2D eigenvalue weighted by Gasteiger charge is -2.51. The maximum atomic E-state index is 13.2. The monoisotopic (exact) mass is 462 g/mol. The van der Waals surface area contributed by atoms with E-state index < -0.39 is 6.10 Å². The van der Waals surface area contributed by atoms with Crippen LogP contribution in [-0.2, 0) is 4.74 Å². The number of benzene rings is 2. The molecule has 2 bridgehead atoms. The molecule has 4 heterocycles. The molecule has 2 aromatic carbocycles. The van der Waals surface area contributed by atoms with Gasteiger partial charge >= 0.3 is 5.97 Å². The van der Waals surface area contributed by atoms with E-state index in [1.54, 1.807) is 37.6 Å². The zero-order chi connectivity index (χ0) is 22.9. The molecular formula is C27H27ClN2O3. The third-order valence-corrected chi connectivity index (χ3v) is 7.36. The van der Waals surface area contributed by atoms with Crippen molar-refractivity contribution in [1.82, 2.24) is 9.88 Å². The fourth-order valence-corrected chi connectivity index (χ4v) is 5.46. The SMILES string of the molecule is C=C[C@@H]1CN2CC[C@H]1C[C@@H]2[C@@H](OC(=O)c1ccc(Cl)cc1)c1ccnc2ccc(OC)cc12. The Labute approximate surface area is 199 Å². The van der Waals surface area contributed by atoms with Crippen LogP contribution in [0.4, 0.5) is 0 Å². The van der Waals surface area contributed by atoms with Gasteiger partial charge in [-0.05, 0) is 79.8 Å². The number of carbonyl (C=O) groups excluding carboxylic acids is 1. The summed E-state index contributed by atoms with van der Waals surface area (Å²) in [5.74, 6) is 1.43. The summed E-state index contributed by atoms with van der Waals surface area (Å²) in [4.78, 5) is 20.2. The number of nitrogens with zero attached hydrogens (tertiary/aromatic N) is 2. The van der Waals surface area contributed by atoms with Gasteiger partial charge in [-0.3, -0.25) is 9.88 Å². The van der Waals surface area contributed by atoms with Crippen molar-refractivity contribution in [2.75, 3.05) is 20.2 Å². The van der Waals surface area contributed by atoms with Gasteiger partial charge in [0.25, 0.3) is 0 Å². The first kappa shape index (κ1) is 21.9. The van der Waals surface area contributed by atoms with E-state index in [1.807, 2.05) is 24.3 Å². The molecule has 0 N–H and O–H groups in total. The van der Waals surface area contributed by atoms with Crippen LogP contribution in [-0.4, -0.2) is 42.1 Å². The number of methoxy groups -OCH3 is 1. The van der Waals surface area contributed by atoms with Crippen molar-refractivity contribution < 1.29 is 14.3 Å². The van der Waals surface area contributed by atoms with Crippen LogP contribution in [0.1, 0.15) is 34.9 Å². The number of piperidine rings is 3. The second-order valence-electron chi connectivity index (χ2n) is 8.86. The van der Waals surface area contributed by atoms with Crippen molar-refractivity contribution >= 4 is 28.5 Å². The molecule has 3 fully saturated rings. The molecule has 6 rings (SSSR count). The molecule has 3 aromatic rings. The van der Waals surface area contributed by atoms with Gasteiger partial charge in [0, 0.05) is 28.7 Å². The molecule has 1 unspecified atom stereocenters. The topological polar surface area (TPSA) is 51.7 Å². The molecule has 0 aliphatic carbocycles. The van der Waals surface area contributed by atoms with Crippen molar-refractivity contribution in [1.29, 1.82) is 0 Å². The Morgan fingerprint density at radius 3 is 2.76 bits per heavy atom. The van der Waals surface area contributed by atoms with Crippen molar-refractivity contribution in [2.24, 2.45) is 11.8 Å². The number of halogens is 1. The molecule has 3 aliphatic heterocycles. The van der Waals surface area contributed by atoms with Gasteiger partial charge in [-0.1, -0.05) is 17.7 Å². The van der Waals surface area contributed by atoms with E-state index >= 15 is 0 Å². The van der Waals surface area contributed by atoms with Gasteiger partial charge in [0.2, 0.25) is 0 Å². The zero-order valence-corrected chi connectivity index (χ0v) is 19.4. The van der Waals surface area contributed by atoms with Gasteiger partial charge in [-0.2, -0.15) is 0 Å². The molecular weight excluding hydrogens is 436 g/mol. The molecule has 0 spiro atoms. The fourth-order valence-electron chi connectivity index (χ4n) is 5.33. The van der Waals surface area contributed by atoms with Crippen molar-refractivity contribution in [3.05, 3.63) is 83.5 Å². The quantitative estimate of drug-likeness (QED) is 0.348. The summed E-state index contributed by atoms with van der Waals surface area (Å²) in [6.07, 6.45) is 5.54. The lowest BCUT2D eigenvalue weighted by molar-refractivity contribution is -0.0568. The molecule has 1 aromatic heterocycles. The summed E-state index contributed by atoms with van der Waals surface area (Å²) in [5, 5.41) is 1.52. The number of aromatic nitrogens is 1. The number of carbonyl (C=O) groups is 1. The Morgan fingerprint density at radius 2 is 2.06 bits per heavy atom. The Morgan fingerprint density at radius 1 is 1.24 bits per heavy atom. The van der Waals surface area contributed by atoms with E-state index in [4.69, 9.17) is 21.1 Å². The summed E-state index contributed by atoms with van der Waals surface area (Å²) in [6, 6.07) is 14.7. The van der Waals surface area contributed by atoms with E-state index in [-0.39, 0.29) is 12.0 Å². The molecule has 0 saturated carbocycles. The first-order valence-corrected chi connectivity index (χ1v) is 11.7. The highest BCUT2D eigenvalue weighted by Gasteiger charge is 2.44. The van der Waals surface area contributed by atoms with Gasteiger partial charge in [0.15, 0.2) is 0 Å². The largest absolute Gasteiger partial charge is 0.497 e. The molecule has 0 amide bonds. The minimum absolute atomic E-state index is 0.0907. The Bertz CT molecular complexity index is 1180. The van der Waals surface area contributed by atoms with Crippen LogP contribution in [0.5, 0.6) is 5.75 Å². The average Bonchev–Trinajstić information content (AvgIpc) is 2.87. The smallest absolute Gasteiger partial charge is 0.338 e. The van der Waals surface area contributed by atoms with Crippen molar-refractivity contribution in [3.8, 4) is 5.75 Å². The van der Waals surface area contributed by atoms with Gasteiger partial charge in [-0.15, -0.1) is 6.58 Å². The standard InChI is InChI=1S/C27H27ClN2O3/c1-3-17-16-30-13-11-19(17)14-25(30)26(33-27(31)18-4-6-20(28)7-5-18)22-10-12-29-24-9-8-21(32-2)15-23(22)24/h3-10,12,15,17,19,25-26H,1,11,13-14,16H2,2H3/t17-,19+,25-,26+/m1/s1. The third kappa shape index (κ3) is 4.23. The molecule has 170 valence electrons. The summed E-state index contributed by atoms with van der Waals surface area (Å²) in [5.41, 5.74) is 2.29. The number of pyridine rings is 1. The molecule has 3 aliphatic rings. The van der Waals surface area contributed by atoms with Crippen LogP contribution in [0.25, 0.3) is 10.9 Å². The number of hydrogen-bond acceptors (Lipinski definition) is 5. The van der Waals surface area contributed by atoms with Crippen LogP contribution in [0.2, 0.25) is 5.02 Å². The lowest BCUT2D eigenvalue weighted by Crippen LogP contribution is -2.55. The summed E-state index contributed by atoms with van der Waals surface area (Å²) in [6.45, 7) is 5.99. The predicted molar refractivity (Wildman–Crippen MR) is 130 cm³/mol. The normalized spacial score (nSPS) is 24.9. The molecule has 33 heavy (non-hydrogen) atoms. The molecule has 5 atom stereocenters. The Hall–Kier alpha value is -2.89. The Kier molecular flexibility index (Phi) is 6.09. The van der Waals surface area contributed by atoms with Crippen molar-refractivity contribution in [2.45, 2.75) is 25.0 Å². The van der Waals surface area contributed by atoms with Gasteiger partial charge in [-0.25, -0.2) is 4.79 Å². The highest BCUT2D eigenvalue weighted by molar-refractivity contribution is 6.30. The van der Waals surface area contributed by atoms with Crippen LogP contribution in [0, 0.1) is 11.8 Å². The maximum Gasteiger partial charge on any atom is 0.338 e. The van der Waals surface area contributed by atoms with Gasteiger partial charge in [0.1, 0.15) is 11.9 Å². The molecule has 5 nitrogen and oxygen atoms in total. The summed E-state index contributed by atoms with van der Waals surface area (Å²) >= 11 is 6.02. The highest BCUT2D eigenvalue weighted by Crippen LogP contribution is 2.44. The van der Waals surface area contributed by atoms with E-state index in [0.717, 1.165) is 48.1 Å². The van der Waals surface area contributed by atoms with E-state index in [9.17, 15) is 4.79 Å². The Balaban J connectivity index is 1.56. The maximum absolute atomic E-state index is 13.2. The number of ether oxygens (including phenoxy) is 2. The first-order valence-electron chi connectivity index (χ1n) is 11.3. The van der Waals surface area contributed by atoms with E-state index in [0.29, 0.717) is 22.4 Å². The molecule has 3 saturated heterocycles. The number of hydrogen-bond donors (Lipinski definition) is 0. The summed E-state index contributed by atoms with van der Waals surface area (Å²) in [7, 11) is 1.65. The minimum Gasteiger partial charge on any atom is -0.497 e. The van der Waals surface area contributed by atoms with Crippen LogP contribution in [0.15, 0.2) is 67.4 Å². The van der Waals surface area contributed by atoms with Crippen molar-refractivity contribution in [3.63, 3.8) is 0 Å². The predicted octanol–water partition coefficient (Wildman–Crippen LogP) is 5.69. The number of rotatable bonds is 6. The second-order valence-corrected chi connectivity index (χ2v) is 9.30. The molecule has 6 heteroatoms. The minimum atomic E-state index is -0.431. The van der Waals surface area contributed by atoms with Crippen LogP contribution < -0.4 is 4.74 Å². The van der Waals surface area contributed by atoms with Gasteiger partial charge in [0.05, 0.1) is 24.2 Å². The second kappa shape index (κ2) is 9.16. The third-order valence-electron chi connectivity index (χ3n) is 7.11. The number of esters is 1. The van der Waals surface area contributed by atoms with Gasteiger partial charge < -0.3 is 9.47 Å². The average molecular weight is 463 g/mol. The lowest BCUT2D eigenvalue weighted by atomic mass is 9.73. The number of fused-ring (bicyclic) bond motifs is 4. The fraction of sp³-hybridized carbons (Fsp3) is 0.333. The summed E-state index contributed by atoms with van der Waals surface area (Å²) < 4.78 is 11.8. The first-order chi connectivity index (χ1) is 16.1. The van der Waals surface area contributed by atoms with E-state index in [1.165, 1.54) is 0 Å². The van der Waals surface area contributed by atoms with E-state index in [2.05, 4.69) is 22.5 Å². The highest BCUT2D eigenvalue weighted by atomic mass is 35.5. The van der Waals surface area contributed by atoms with Crippen LogP contribution >= 0.6 is 11.6 Å². The zero-order valence-electron chi connectivity index (χ0n) is 18.6.